The van der Waals surface area contributed by atoms with Gasteiger partial charge in [0.2, 0.25) is 0 Å². The molecule has 1 aromatic carbocycles. The largest absolute Gasteiger partial charge is 0.501 e. The quantitative estimate of drug-likeness (QED) is 0.492. The second kappa shape index (κ2) is 8.62. The Labute approximate surface area is 111 Å². The molecule has 18 heavy (non-hydrogen) atoms. The van der Waals surface area contributed by atoms with E-state index >= 15 is 0 Å². The lowest BCUT2D eigenvalue weighted by Gasteiger charge is -2.05. The number of ether oxygens (including phenoxy) is 2. The molecule has 0 aromatic heterocycles. The van der Waals surface area contributed by atoms with Crippen molar-refractivity contribution < 1.29 is 9.47 Å². The van der Waals surface area contributed by atoms with E-state index in [0.717, 1.165) is 24.4 Å². The van der Waals surface area contributed by atoms with E-state index in [1.165, 1.54) is 24.8 Å². The van der Waals surface area contributed by atoms with Gasteiger partial charge in [-0.1, -0.05) is 38.3 Å². The highest BCUT2D eigenvalue weighted by Gasteiger charge is 1.97. The zero-order valence-corrected chi connectivity index (χ0v) is 11.7. The number of unbranched alkanes of at least 4 members (excludes halogenated alkanes) is 3. The van der Waals surface area contributed by atoms with Crippen molar-refractivity contribution in [3.63, 3.8) is 0 Å². The molecule has 2 heteroatoms. The summed E-state index contributed by atoms with van der Waals surface area (Å²) in [6.07, 6.45) is 6.81. The number of hydrogen-bond acceptors (Lipinski definition) is 2. The standard InChI is InChI=1S/C16H24O2/c1-4-5-6-7-12-18-13-14(2)15-8-10-16(17-3)11-9-15/h8-11,13H,4-7,12H2,1-3H3/b14-13+. The molecule has 0 atom stereocenters. The van der Waals surface area contributed by atoms with Crippen molar-refractivity contribution in [2.45, 2.75) is 39.5 Å². The maximum absolute atomic E-state index is 5.56. The molecule has 0 aliphatic heterocycles. The van der Waals surface area contributed by atoms with E-state index in [0.29, 0.717) is 0 Å². The zero-order valence-electron chi connectivity index (χ0n) is 11.7. The van der Waals surface area contributed by atoms with E-state index in [-0.39, 0.29) is 0 Å². The molecule has 2 nitrogen and oxygen atoms in total. The van der Waals surface area contributed by atoms with Gasteiger partial charge >= 0.3 is 0 Å². The van der Waals surface area contributed by atoms with Crippen molar-refractivity contribution in [2.75, 3.05) is 13.7 Å². The molecule has 0 fully saturated rings. The van der Waals surface area contributed by atoms with Crippen molar-refractivity contribution in [2.24, 2.45) is 0 Å². The van der Waals surface area contributed by atoms with Crippen LogP contribution in [-0.2, 0) is 4.74 Å². The normalized spacial score (nSPS) is 11.4. The Hall–Kier alpha value is -1.44. The summed E-state index contributed by atoms with van der Waals surface area (Å²) in [5, 5.41) is 0. The van der Waals surface area contributed by atoms with Crippen LogP contribution in [0.1, 0.15) is 45.1 Å². The number of rotatable bonds is 8. The highest BCUT2D eigenvalue weighted by molar-refractivity contribution is 5.63. The molecule has 0 saturated carbocycles. The van der Waals surface area contributed by atoms with Crippen molar-refractivity contribution in [1.29, 1.82) is 0 Å². The summed E-state index contributed by atoms with van der Waals surface area (Å²) in [6, 6.07) is 8.03. The molecule has 0 unspecified atom stereocenters. The minimum absolute atomic E-state index is 0.813. The van der Waals surface area contributed by atoms with E-state index in [4.69, 9.17) is 9.47 Å². The number of allylic oxidation sites excluding steroid dienone is 1. The van der Waals surface area contributed by atoms with Gasteiger partial charge in [-0.05, 0) is 36.6 Å². The van der Waals surface area contributed by atoms with Crippen LogP contribution in [0.25, 0.3) is 5.57 Å². The molecule has 0 saturated heterocycles. The molecular formula is C16H24O2. The summed E-state index contributed by atoms with van der Waals surface area (Å²) >= 11 is 0. The third-order valence-electron chi connectivity index (χ3n) is 2.92. The predicted octanol–water partition coefficient (Wildman–Crippen LogP) is 4.65. The zero-order chi connectivity index (χ0) is 13.2. The summed E-state index contributed by atoms with van der Waals surface area (Å²) in [6.45, 7) is 5.09. The summed E-state index contributed by atoms with van der Waals surface area (Å²) < 4.78 is 10.7. The van der Waals surface area contributed by atoms with Crippen LogP contribution in [0, 0.1) is 0 Å². The average Bonchev–Trinajstić information content (AvgIpc) is 2.42. The van der Waals surface area contributed by atoms with Gasteiger partial charge in [0.05, 0.1) is 20.0 Å². The van der Waals surface area contributed by atoms with Crippen LogP contribution in [0.3, 0.4) is 0 Å². The minimum Gasteiger partial charge on any atom is -0.501 e. The first kappa shape index (κ1) is 14.6. The van der Waals surface area contributed by atoms with Crippen molar-refractivity contribution >= 4 is 5.57 Å². The first-order valence-electron chi connectivity index (χ1n) is 6.70. The molecule has 0 bridgehead atoms. The minimum atomic E-state index is 0.813. The maximum Gasteiger partial charge on any atom is 0.118 e. The number of benzene rings is 1. The van der Waals surface area contributed by atoms with Crippen molar-refractivity contribution in [3.8, 4) is 5.75 Å². The molecule has 0 aliphatic carbocycles. The smallest absolute Gasteiger partial charge is 0.118 e. The second-order valence-corrected chi connectivity index (χ2v) is 4.46. The Kier molecular flexibility index (Phi) is 7.00. The summed E-state index contributed by atoms with van der Waals surface area (Å²) in [5.41, 5.74) is 2.32. The fourth-order valence-electron chi connectivity index (χ4n) is 1.72. The highest BCUT2D eigenvalue weighted by Crippen LogP contribution is 2.18. The molecule has 1 aromatic rings. The second-order valence-electron chi connectivity index (χ2n) is 4.46. The van der Waals surface area contributed by atoms with Crippen LogP contribution in [0.4, 0.5) is 0 Å². The summed E-state index contributed by atoms with van der Waals surface area (Å²) in [4.78, 5) is 0. The van der Waals surface area contributed by atoms with Crippen LogP contribution in [0.2, 0.25) is 0 Å². The van der Waals surface area contributed by atoms with Crippen LogP contribution >= 0.6 is 0 Å². The van der Waals surface area contributed by atoms with Gasteiger partial charge < -0.3 is 9.47 Å². The fraction of sp³-hybridized carbons (Fsp3) is 0.500. The van der Waals surface area contributed by atoms with Crippen molar-refractivity contribution in [1.82, 2.24) is 0 Å². The Bertz CT molecular complexity index is 352. The van der Waals surface area contributed by atoms with E-state index in [9.17, 15) is 0 Å². The Balaban J connectivity index is 2.35. The first-order chi connectivity index (χ1) is 8.77. The monoisotopic (exact) mass is 248 g/mol. The summed E-state index contributed by atoms with van der Waals surface area (Å²) in [7, 11) is 1.68. The first-order valence-corrected chi connectivity index (χ1v) is 6.70. The van der Waals surface area contributed by atoms with Crippen LogP contribution < -0.4 is 4.74 Å². The molecule has 0 N–H and O–H groups in total. The van der Waals surface area contributed by atoms with Gasteiger partial charge in [0.15, 0.2) is 0 Å². The fourth-order valence-corrected chi connectivity index (χ4v) is 1.72. The molecule has 0 heterocycles. The molecule has 0 amide bonds. The third-order valence-corrected chi connectivity index (χ3v) is 2.92. The van der Waals surface area contributed by atoms with E-state index in [2.05, 4.69) is 13.8 Å². The van der Waals surface area contributed by atoms with Crippen molar-refractivity contribution in [3.05, 3.63) is 36.1 Å². The third kappa shape index (κ3) is 5.26. The maximum atomic E-state index is 5.56. The molecule has 100 valence electrons. The Morgan fingerprint density at radius 2 is 1.83 bits per heavy atom. The molecule has 1 rings (SSSR count). The lowest BCUT2D eigenvalue weighted by Crippen LogP contribution is -1.89. The lowest BCUT2D eigenvalue weighted by molar-refractivity contribution is 0.242. The van der Waals surface area contributed by atoms with Gasteiger partial charge in [-0.25, -0.2) is 0 Å². The average molecular weight is 248 g/mol. The highest BCUT2D eigenvalue weighted by atomic mass is 16.5. The summed E-state index contributed by atoms with van der Waals surface area (Å²) in [5.74, 6) is 0.882. The predicted molar refractivity (Wildman–Crippen MR) is 76.7 cm³/mol. The van der Waals surface area contributed by atoms with Crippen LogP contribution in [-0.4, -0.2) is 13.7 Å². The molecule has 0 spiro atoms. The van der Waals surface area contributed by atoms with Gasteiger partial charge in [0, 0.05) is 0 Å². The van der Waals surface area contributed by atoms with Crippen LogP contribution in [0.5, 0.6) is 5.75 Å². The molecule has 0 aliphatic rings. The molecule has 0 radical (unpaired) electrons. The van der Waals surface area contributed by atoms with Gasteiger partial charge in [0.25, 0.3) is 0 Å². The molecular weight excluding hydrogens is 224 g/mol. The SMILES string of the molecule is CCCCCCO/C=C(\C)c1ccc(OC)cc1. The van der Waals surface area contributed by atoms with E-state index in [1.807, 2.05) is 30.5 Å². The topological polar surface area (TPSA) is 18.5 Å². The van der Waals surface area contributed by atoms with Gasteiger partial charge in [-0.2, -0.15) is 0 Å². The van der Waals surface area contributed by atoms with Crippen LogP contribution in [0.15, 0.2) is 30.5 Å². The Morgan fingerprint density at radius 1 is 1.11 bits per heavy atom. The lowest BCUT2D eigenvalue weighted by atomic mass is 10.1. The van der Waals surface area contributed by atoms with E-state index < -0.39 is 0 Å². The van der Waals surface area contributed by atoms with Gasteiger partial charge in [-0.3, -0.25) is 0 Å². The number of hydrogen-bond donors (Lipinski definition) is 0. The van der Waals surface area contributed by atoms with E-state index in [1.54, 1.807) is 7.11 Å². The number of methoxy groups -OCH3 is 1. The van der Waals surface area contributed by atoms with Gasteiger partial charge in [0.1, 0.15) is 5.75 Å². The Morgan fingerprint density at radius 3 is 2.44 bits per heavy atom. The van der Waals surface area contributed by atoms with Gasteiger partial charge in [-0.15, -0.1) is 0 Å².